The smallest absolute Gasteiger partial charge is 0.256 e. The normalized spacial score (nSPS) is 13.8. The fourth-order valence-corrected chi connectivity index (χ4v) is 4.68. The summed E-state index contributed by atoms with van der Waals surface area (Å²) in [5.41, 5.74) is 8.97. The van der Waals surface area contributed by atoms with Crippen LogP contribution in [0.15, 0.2) is 79.4 Å². The van der Waals surface area contributed by atoms with E-state index in [1.807, 2.05) is 0 Å². The summed E-state index contributed by atoms with van der Waals surface area (Å²) in [6.07, 6.45) is 5.66. The number of fused-ring (bicyclic) bond motifs is 2. The molecular formula is C28H17F3N6O. The quantitative estimate of drug-likeness (QED) is 0.182. The van der Waals surface area contributed by atoms with Crippen molar-refractivity contribution in [1.29, 1.82) is 5.41 Å². The molecule has 0 spiro atoms. The maximum atomic E-state index is 15.5. The summed E-state index contributed by atoms with van der Waals surface area (Å²) in [4.78, 5) is 15.5. The third kappa shape index (κ3) is 3.92. The van der Waals surface area contributed by atoms with Gasteiger partial charge in [0.1, 0.15) is 11.6 Å². The van der Waals surface area contributed by atoms with Gasteiger partial charge in [0.2, 0.25) is 11.9 Å². The minimum Gasteiger partial charge on any atom is -0.452 e. The fraction of sp³-hybridized carbons (Fsp3) is 0.0357. The molecule has 0 radical (unpaired) electrons. The van der Waals surface area contributed by atoms with Gasteiger partial charge in [-0.2, -0.15) is 13.2 Å². The molecule has 5 heterocycles. The lowest BCUT2D eigenvalue weighted by atomic mass is 9.80. The number of ether oxygens (including phenoxy) is 1. The Morgan fingerprint density at radius 3 is 2.50 bits per heavy atom. The van der Waals surface area contributed by atoms with Crippen LogP contribution >= 0.6 is 0 Å². The van der Waals surface area contributed by atoms with E-state index in [2.05, 4.69) is 19.9 Å². The highest BCUT2D eigenvalue weighted by atomic mass is 19.1. The molecule has 1 aliphatic rings. The van der Waals surface area contributed by atoms with Gasteiger partial charge in [-0.25, -0.2) is 15.0 Å². The number of hydrogen-bond acceptors (Lipinski definition) is 6. The van der Waals surface area contributed by atoms with Crippen LogP contribution in [0.4, 0.5) is 13.2 Å². The van der Waals surface area contributed by atoms with E-state index in [1.165, 1.54) is 24.7 Å². The molecule has 38 heavy (non-hydrogen) atoms. The highest BCUT2D eigenvalue weighted by Crippen LogP contribution is 2.50. The van der Waals surface area contributed by atoms with Crippen molar-refractivity contribution < 1.29 is 17.9 Å². The number of rotatable bonds is 4. The molecule has 7 nitrogen and oxygen atoms in total. The Labute approximate surface area is 214 Å². The Kier molecular flexibility index (Phi) is 5.56. The number of nitrogens with one attached hydrogen (secondary N) is 1. The van der Waals surface area contributed by atoms with Gasteiger partial charge in [-0.3, -0.25) is 10.4 Å². The molecule has 0 fully saturated rings. The molecule has 1 aromatic carbocycles. The molecule has 0 saturated heterocycles. The summed E-state index contributed by atoms with van der Waals surface area (Å²) >= 11 is 0. The summed E-state index contributed by atoms with van der Waals surface area (Å²) in [7, 11) is 0. The molecular weight excluding hydrogens is 493 g/mol. The van der Waals surface area contributed by atoms with Crippen molar-refractivity contribution in [3.05, 3.63) is 119 Å². The highest BCUT2D eigenvalue weighted by Gasteiger charge is 2.34. The van der Waals surface area contributed by atoms with Crippen molar-refractivity contribution in [3.8, 4) is 33.9 Å². The second-order valence-electron chi connectivity index (χ2n) is 8.59. The maximum Gasteiger partial charge on any atom is 0.256 e. The van der Waals surface area contributed by atoms with Crippen LogP contribution in [0.5, 0.6) is 11.5 Å². The number of hydrogen-bond donors (Lipinski definition) is 2. The number of nitrogen functional groups attached to an aromatic ring is 1. The molecule has 1 atom stereocenters. The number of halogens is 3. The van der Waals surface area contributed by atoms with Crippen LogP contribution in [-0.4, -0.2) is 25.8 Å². The summed E-state index contributed by atoms with van der Waals surface area (Å²) in [5.74, 6) is -3.04. The molecule has 0 unspecified atom stereocenters. The Balaban J connectivity index is 1.63. The van der Waals surface area contributed by atoms with Crippen LogP contribution in [0.2, 0.25) is 0 Å². The van der Waals surface area contributed by atoms with Crippen LogP contribution in [0, 0.1) is 23.3 Å². The monoisotopic (exact) mass is 510 g/mol. The first-order valence-corrected chi connectivity index (χ1v) is 11.4. The molecule has 0 aliphatic carbocycles. The molecule has 4 aromatic heterocycles. The van der Waals surface area contributed by atoms with Gasteiger partial charge >= 0.3 is 0 Å². The Morgan fingerprint density at radius 2 is 1.71 bits per heavy atom. The number of pyridine rings is 4. The second-order valence-corrected chi connectivity index (χ2v) is 8.59. The van der Waals surface area contributed by atoms with Gasteiger partial charge < -0.3 is 10.5 Å². The third-order valence-electron chi connectivity index (χ3n) is 6.35. The first-order chi connectivity index (χ1) is 18.4. The standard InChI is InChI=1S/C28H17F3N6O/c29-23-11-15(5-9-35-23)21-12-19-24(20-13-34-8-6-17(20)28(32)33)18-10-14(16-2-1-7-36-26(16)30)3-4-22(18)38-25(19)27(31)37-21/h1-13,24H,(H3,32,33)/t24-/m1/s1. The van der Waals surface area contributed by atoms with Crippen molar-refractivity contribution >= 4 is 5.84 Å². The Morgan fingerprint density at radius 1 is 0.842 bits per heavy atom. The van der Waals surface area contributed by atoms with Crippen LogP contribution in [-0.2, 0) is 0 Å². The molecule has 0 bridgehead atoms. The van der Waals surface area contributed by atoms with E-state index in [-0.39, 0.29) is 22.8 Å². The zero-order valence-corrected chi connectivity index (χ0v) is 19.5. The maximum absolute atomic E-state index is 15.5. The second kappa shape index (κ2) is 9.07. The summed E-state index contributed by atoms with van der Waals surface area (Å²) in [5, 5.41) is 8.14. The van der Waals surface area contributed by atoms with Gasteiger partial charge in [-0.05, 0) is 53.6 Å². The number of aromatic nitrogens is 4. The molecule has 3 N–H and O–H groups in total. The van der Waals surface area contributed by atoms with Crippen molar-refractivity contribution in [2.24, 2.45) is 5.73 Å². The minimum atomic E-state index is -0.902. The summed E-state index contributed by atoms with van der Waals surface area (Å²) < 4.78 is 49.9. The Bertz CT molecular complexity index is 1740. The largest absolute Gasteiger partial charge is 0.452 e. The number of nitrogens with two attached hydrogens (primary N) is 1. The molecule has 186 valence electrons. The van der Waals surface area contributed by atoms with Crippen LogP contribution in [0.1, 0.15) is 28.2 Å². The molecule has 6 rings (SSSR count). The van der Waals surface area contributed by atoms with Gasteiger partial charge in [0, 0.05) is 64.6 Å². The van der Waals surface area contributed by atoms with E-state index in [4.69, 9.17) is 15.9 Å². The zero-order chi connectivity index (χ0) is 26.4. The lowest BCUT2D eigenvalue weighted by molar-refractivity contribution is 0.406. The Hall–Kier alpha value is -5.12. The van der Waals surface area contributed by atoms with E-state index in [9.17, 15) is 8.78 Å². The van der Waals surface area contributed by atoms with Gasteiger partial charge in [-0.1, -0.05) is 6.07 Å². The highest BCUT2D eigenvalue weighted by molar-refractivity contribution is 5.97. The summed E-state index contributed by atoms with van der Waals surface area (Å²) in [6.45, 7) is 0. The van der Waals surface area contributed by atoms with E-state index in [0.29, 0.717) is 39.1 Å². The van der Waals surface area contributed by atoms with Gasteiger partial charge in [0.25, 0.3) is 5.95 Å². The summed E-state index contributed by atoms with van der Waals surface area (Å²) in [6, 6.07) is 14.1. The van der Waals surface area contributed by atoms with Gasteiger partial charge in [-0.15, -0.1) is 0 Å². The predicted octanol–water partition coefficient (Wildman–Crippen LogP) is 5.59. The minimum absolute atomic E-state index is 0.126. The lowest BCUT2D eigenvalue weighted by Gasteiger charge is -2.30. The van der Waals surface area contributed by atoms with Crippen molar-refractivity contribution in [2.75, 3.05) is 0 Å². The van der Waals surface area contributed by atoms with Gasteiger partial charge in [0.15, 0.2) is 5.75 Å². The lowest BCUT2D eigenvalue weighted by Crippen LogP contribution is -2.20. The topological polar surface area (TPSA) is 111 Å². The molecule has 1 aliphatic heterocycles. The first kappa shape index (κ1) is 23.3. The first-order valence-electron chi connectivity index (χ1n) is 11.4. The average Bonchev–Trinajstić information content (AvgIpc) is 2.92. The molecule has 10 heteroatoms. The van der Waals surface area contributed by atoms with Crippen LogP contribution in [0.3, 0.4) is 0 Å². The van der Waals surface area contributed by atoms with Crippen molar-refractivity contribution in [2.45, 2.75) is 5.92 Å². The number of nitrogens with zero attached hydrogens (tertiary/aromatic N) is 4. The van der Waals surface area contributed by atoms with Crippen molar-refractivity contribution in [1.82, 2.24) is 19.9 Å². The fourth-order valence-electron chi connectivity index (χ4n) is 4.68. The van der Waals surface area contributed by atoms with E-state index >= 15 is 4.39 Å². The van der Waals surface area contributed by atoms with E-state index in [0.717, 1.165) is 6.07 Å². The molecule has 5 aromatic rings. The average molecular weight is 510 g/mol. The van der Waals surface area contributed by atoms with Crippen LogP contribution < -0.4 is 10.5 Å². The third-order valence-corrected chi connectivity index (χ3v) is 6.35. The van der Waals surface area contributed by atoms with E-state index in [1.54, 1.807) is 48.7 Å². The SMILES string of the molecule is N=C(N)c1ccncc1[C@@H]1c2cc(-c3cccnc3F)ccc2Oc2c1cc(-c1ccnc(F)c1)nc2F. The van der Waals surface area contributed by atoms with Crippen LogP contribution in [0.25, 0.3) is 22.4 Å². The zero-order valence-electron chi connectivity index (χ0n) is 19.5. The predicted molar refractivity (Wildman–Crippen MR) is 133 cm³/mol. The van der Waals surface area contributed by atoms with E-state index < -0.39 is 23.8 Å². The van der Waals surface area contributed by atoms with Gasteiger partial charge in [0.05, 0.1) is 5.69 Å². The molecule has 0 saturated carbocycles. The number of benzene rings is 1. The molecule has 0 amide bonds. The van der Waals surface area contributed by atoms with Crippen molar-refractivity contribution in [3.63, 3.8) is 0 Å². The number of amidine groups is 1.